The molecule has 2 aromatic rings. The first-order valence-corrected chi connectivity index (χ1v) is 8.70. The predicted molar refractivity (Wildman–Crippen MR) is 95.8 cm³/mol. The number of aryl methyl sites for hydroxylation is 1. The Balaban J connectivity index is 1.87. The number of aromatic nitrogens is 1. The van der Waals surface area contributed by atoms with Crippen molar-refractivity contribution in [2.75, 3.05) is 6.54 Å². The van der Waals surface area contributed by atoms with Crippen LogP contribution in [0.25, 0.3) is 11.3 Å². The molecule has 0 saturated heterocycles. The minimum atomic E-state index is -0.0287. The Kier molecular flexibility index (Phi) is 7.28. The molecule has 1 aromatic heterocycles. The van der Waals surface area contributed by atoms with Crippen LogP contribution < -0.4 is 11.1 Å². The van der Waals surface area contributed by atoms with E-state index in [0.29, 0.717) is 36.1 Å². The molecule has 1 unspecified atom stereocenters. The van der Waals surface area contributed by atoms with Gasteiger partial charge in [0.1, 0.15) is 0 Å². The first kappa shape index (κ1) is 18.5. The van der Waals surface area contributed by atoms with Crippen LogP contribution in [0.1, 0.15) is 38.5 Å². The van der Waals surface area contributed by atoms with E-state index in [2.05, 4.69) is 17.2 Å². The van der Waals surface area contributed by atoms with Crippen molar-refractivity contribution < 1.29 is 9.21 Å². The molecule has 1 amide bonds. The van der Waals surface area contributed by atoms with Crippen LogP contribution in [0.3, 0.4) is 0 Å². The highest BCUT2D eigenvalue weighted by atomic mass is 35.5. The van der Waals surface area contributed by atoms with Crippen LogP contribution in [0, 0.1) is 0 Å². The molecule has 0 fully saturated rings. The van der Waals surface area contributed by atoms with Gasteiger partial charge in [0.25, 0.3) is 0 Å². The Labute approximate surface area is 147 Å². The van der Waals surface area contributed by atoms with Crippen LogP contribution in [-0.4, -0.2) is 23.5 Å². The maximum atomic E-state index is 12.0. The highest BCUT2D eigenvalue weighted by Crippen LogP contribution is 2.28. The van der Waals surface area contributed by atoms with E-state index in [-0.39, 0.29) is 11.9 Å². The molecule has 2 rings (SSSR count). The van der Waals surface area contributed by atoms with Crippen molar-refractivity contribution in [3.8, 4) is 11.3 Å². The third-order valence-electron chi connectivity index (χ3n) is 3.81. The molecule has 0 spiro atoms. The van der Waals surface area contributed by atoms with Gasteiger partial charge >= 0.3 is 0 Å². The number of nitrogens with one attached hydrogen (secondary N) is 1. The monoisotopic (exact) mass is 349 g/mol. The van der Waals surface area contributed by atoms with Crippen molar-refractivity contribution in [2.45, 2.75) is 45.1 Å². The molecule has 0 radical (unpaired) electrons. The molecule has 6 heteroatoms. The number of hydrogen-bond acceptors (Lipinski definition) is 4. The predicted octanol–water partition coefficient (Wildman–Crippen LogP) is 3.56. The minimum absolute atomic E-state index is 0.0287. The summed E-state index contributed by atoms with van der Waals surface area (Å²) in [5.74, 6) is 1.11. The summed E-state index contributed by atoms with van der Waals surface area (Å²) in [6.07, 6.45) is 5.47. The zero-order valence-corrected chi connectivity index (χ0v) is 14.7. The van der Waals surface area contributed by atoms with E-state index in [9.17, 15) is 4.79 Å². The molecule has 1 heterocycles. The number of nitrogens with two attached hydrogens (primary N) is 1. The van der Waals surface area contributed by atoms with Crippen molar-refractivity contribution >= 4 is 17.5 Å². The second-order valence-corrected chi connectivity index (χ2v) is 6.15. The summed E-state index contributed by atoms with van der Waals surface area (Å²) in [5.41, 5.74) is 6.49. The number of oxazole rings is 1. The lowest BCUT2D eigenvalue weighted by Gasteiger charge is -2.16. The number of amides is 1. The Hall–Kier alpha value is -1.85. The number of hydrogen-bond donors (Lipinski definition) is 2. The van der Waals surface area contributed by atoms with E-state index in [1.807, 2.05) is 18.2 Å². The summed E-state index contributed by atoms with van der Waals surface area (Å²) < 4.78 is 5.70. The number of benzene rings is 1. The summed E-state index contributed by atoms with van der Waals surface area (Å²) in [6.45, 7) is 2.58. The number of rotatable bonds is 9. The fraction of sp³-hybridized carbons (Fsp3) is 0.444. The summed E-state index contributed by atoms with van der Waals surface area (Å²) in [7, 11) is 0. The maximum Gasteiger partial charge on any atom is 0.220 e. The number of nitrogens with zero attached hydrogens (tertiary/aromatic N) is 1. The molecular weight excluding hydrogens is 326 g/mol. The van der Waals surface area contributed by atoms with Crippen LogP contribution in [0.15, 0.2) is 34.9 Å². The van der Waals surface area contributed by atoms with Crippen molar-refractivity contribution in [2.24, 2.45) is 5.73 Å². The molecule has 0 saturated carbocycles. The van der Waals surface area contributed by atoms with E-state index in [1.165, 1.54) is 0 Å². The van der Waals surface area contributed by atoms with Gasteiger partial charge in [-0.2, -0.15) is 0 Å². The Morgan fingerprint density at radius 1 is 1.42 bits per heavy atom. The lowest BCUT2D eigenvalue weighted by atomic mass is 10.1. The van der Waals surface area contributed by atoms with Crippen molar-refractivity contribution in [3.05, 3.63) is 41.4 Å². The molecule has 5 nitrogen and oxygen atoms in total. The molecular formula is C18H24ClN3O2. The van der Waals surface area contributed by atoms with Crippen molar-refractivity contribution in [1.29, 1.82) is 0 Å². The summed E-state index contributed by atoms with van der Waals surface area (Å²) in [5, 5.41) is 3.58. The number of unbranched alkanes of at least 4 members (excludes halogenated alkanes) is 1. The Bertz CT molecular complexity index is 657. The summed E-state index contributed by atoms with van der Waals surface area (Å²) >= 11 is 6.15. The van der Waals surface area contributed by atoms with Crippen LogP contribution in [0.2, 0.25) is 5.02 Å². The fourth-order valence-corrected chi connectivity index (χ4v) is 2.66. The molecule has 0 aliphatic carbocycles. The highest BCUT2D eigenvalue weighted by molar-refractivity contribution is 6.33. The van der Waals surface area contributed by atoms with Gasteiger partial charge < -0.3 is 15.5 Å². The van der Waals surface area contributed by atoms with E-state index < -0.39 is 0 Å². The van der Waals surface area contributed by atoms with Crippen LogP contribution in [0.4, 0.5) is 0 Å². The number of carbonyl (C=O) groups excluding carboxylic acids is 1. The third kappa shape index (κ3) is 5.35. The Morgan fingerprint density at radius 2 is 2.21 bits per heavy atom. The molecule has 0 bridgehead atoms. The van der Waals surface area contributed by atoms with E-state index in [4.69, 9.17) is 21.8 Å². The standard InChI is InChI=1S/C18H24ClN3O2/c1-2-3-6-13(11-20)22-17(23)9-10-18-21-12-16(24-18)14-7-4-5-8-15(14)19/h4-5,7-8,12-13H,2-3,6,9-11,20H2,1H3,(H,22,23). The minimum Gasteiger partial charge on any atom is -0.441 e. The maximum absolute atomic E-state index is 12.0. The quantitative estimate of drug-likeness (QED) is 0.725. The van der Waals surface area contributed by atoms with Crippen molar-refractivity contribution in [3.63, 3.8) is 0 Å². The largest absolute Gasteiger partial charge is 0.441 e. The molecule has 130 valence electrons. The number of halogens is 1. The van der Waals surface area contributed by atoms with Crippen molar-refractivity contribution in [1.82, 2.24) is 10.3 Å². The van der Waals surface area contributed by atoms with Gasteiger partial charge in [-0.15, -0.1) is 0 Å². The molecule has 0 aliphatic heterocycles. The van der Waals surface area contributed by atoms with Gasteiger partial charge in [-0.1, -0.05) is 43.5 Å². The topological polar surface area (TPSA) is 81.1 Å². The van der Waals surface area contributed by atoms with Crippen LogP contribution in [-0.2, 0) is 11.2 Å². The molecule has 1 atom stereocenters. The van der Waals surface area contributed by atoms with Crippen LogP contribution in [0.5, 0.6) is 0 Å². The van der Waals surface area contributed by atoms with Gasteiger partial charge in [0, 0.05) is 31.0 Å². The van der Waals surface area contributed by atoms with Gasteiger partial charge in [-0.05, 0) is 18.6 Å². The van der Waals surface area contributed by atoms with E-state index >= 15 is 0 Å². The lowest BCUT2D eigenvalue weighted by molar-refractivity contribution is -0.121. The zero-order valence-electron chi connectivity index (χ0n) is 13.9. The summed E-state index contributed by atoms with van der Waals surface area (Å²) in [4.78, 5) is 16.2. The number of carbonyl (C=O) groups is 1. The van der Waals surface area contributed by atoms with Gasteiger partial charge in [0.05, 0.1) is 11.2 Å². The van der Waals surface area contributed by atoms with Gasteiger partial charge in [-0.3, -0.25) is 4.79 Å². The first-order chi connectivity index (χ1) is 11.6. The van der Waals surface area contributed by atoms with Crippen LogP contribution >= 0.6 is 11.6 Å². The van der Waals surface area contributed by atoms with E-state index in [1.54, 1.807) is 12.3 Å². The summed E-state index contributed by atoms with van der Waals surface area (Å²) in [6, 6.07) is 7.47. The van der Waals surface area contributed by atoms with Gasteiger partial charge in [-0.25, -0.2) is 4.98 Å². The van der Waals surface area contributed by atoms with Gasteiger partial charge in [0.15, 0.2) is 11.7 Å². The SMILES string of the molecule is CCCCC(CN)NC(=O)CCc1ncc(-c2ccccc2Cl)o1. The van der Waals surface area contributed by atoms with E-state index in [0.717, 1.165) is 24.8 Å². The zero-order chi connectivity index (χ0) is 17.4. The highest BCUT2D eigenvalue weighted by Gasteiger charge is 2.13. The molecule has 1 aromatic carbocycles. The normalized spacial score (nSPS) is 12.1. The first-order valence-electron chi connectivity index (χ1n) is 8.33. The second-order valence-electron chi connectivity index (χ2n) is 5.74. The van der Waals surface area contributed by atoms with Gasteiger partial charge in [0.2, 0.25) is 5.91 Å². The molecule has 24 heavy (non-hydrogen) atoms. The second kappa shape index (κ2) is 9.45. The third-order valence-corrected chi connectivity index (χ3v) is 4.14. The lowest BCUT2D eigenvalue weighted by Crippen LogP contribution is -2.40. The molecule has 0 aliphatic rings. The Morgan fingerprint density at radius 3 is 2.92 bits per heavy atom. The smallest absolute Gasteiger partial charge is 0.220 e. The fourth-order valence-electron chi connectivity index (χ4n) is 2.43. The molecule has 3 N–H and O–H groups in total. The average Bonchev–Trinajstić information content (AvgIpc) is 3.06. The average molecular weight is 350 g/mol.